The van der Waals surface area contributed by atoms with Crippen LogP contribution in [0.1, 0.15) is 32.8 Å². The van der Waals surface area contributed by atoms with E-state index in [1.807, 2.05) is 30.3 Å². The molecule has 0 saturated carbocycles. The van der Waals surface area contributed by atoms with Gasteiger partial charge in [-0.05, 0) is 53.8 Å². The van der Waals surface area contributed by atoms with E-state index >= 15 is 0 Å². The lowest BCUT2D eigenvalue weighted by Crippen LogP contribution is -2.14. The second kappa shape index (κ2) is 4.92. The van der Waals surface area contributed by atoms with Crippen molar-refractivity contribution < 1.29 is 4.42 Å². The second-order valence-electron chi connectivity index (χ2n) is 6.06. The zero-order valence-electron chi connectivity index (χ0n) is 12.7. The lowest BCUT2D eigenvalue weighted by atomic mass is 9.82. The molecule has 0 saturated heterocycles. The molecule has 3 heteroatoms. The van der Waals surface area contributed by atoms with Gasteiger partial charge in [0.2, 0.25) is 5.89 Å². The molecule has 1 heterocycles. The summed E-state index contributed by atoms with van der Waals surface area (Å²) in [7, 11) is 0. The Labute approximate surface area is 124 Å². The number of hydrogen-bond acceptors (Lipinski definition) is 3. The molecule has 0 unspecified atom stereocenters. The van der Waals surface area contributed by atoms with E-state index in [0.717, 1.165) is 28.8 Å². The van der Waals surface area contributed by atoms with Gasteiger partial charge in [-0.2, -0.15) is 0 Å². The Morgan fingerprint density at radius 2 is 1.81 bits per heavy atom. The van der Waals surface area contributed by atoms with Crippen LogP contribution in [0.5, 0.6) is 0 Å². The first-order valence-electron chi connectivity index (χ1n) is 7.26. The highest BCUT2D eigenvalue weighted by molar-refractivity contribution is 5.77. The van der Waals surface area contributed by atoms with E-state index in [-0.39, 0.29) is 5.41 Å². The molecule has 1 aromatic heterocycles. The molecule has 3 nitrogen and oxygen atoms in total. The summed E-state index contributed by atoms with van der Waals surface area (Å²) in [4.78, 5) is 4.61. The molecule has 0 aliphatic carbocycles. The number of benzene rings is 2. The quantitative estimate of drug-likeness (QED) is 0.703. The van der Waals surface area contributed by atoms with E-state index in [0.29, 0.717) is 5.89 Å². The van der Waals surface area contributed by atoms with E-state index in [1.54, 1.807) is 0 Å². The summed E-state index contributed by atoms with van der Waals surface area (Å²) in [5.74, 6) is 0.636. The predicted octanol–water partition coefficient (Wildman–Crippen LogP) is 4.76. The van der Waals surface area contributed by atoms with E-state index in [4.69, 9.17) is 10.2 Å². The minimum Gasteiger partial charge on any atom is -0.436 e. The summed E-state index contributed by atoms with van der Waals surface area (Å²) in [6.07, 6.45) is 1.08. The fourth-order valence-corrected chi connectivity index (χ4v) is 2.30. The lowest BCUT2D eigenvalue weighted by Gasteiger charge is -2.22. The van der Waals surface area contributed by atoms with Crippen molar-refractivity contribution in [2.75, 3.05) is 5.73 Å². The molecule has 0 bridgehead atoms. The Bertz CT molecular complexity index is 770. The number of hydrogen-bond donors (Lipinski definition) is 1. The number of nitrogens with two attached hydrogens (primary N) is 1. The van der Waals surface area contributed by atoms with Crippen LogP contribution in [-0.2, 0) is 5.41 Å². The third-order valence-corrected chi connectivity index (χ3v) is 4.21. The van der Waals surface area contributed by atoms with Gasteiger partial charge in [0.1, 0.15) is 5.52 Å². The normalized spacial score (nSPS) is 12.0. The van der Waals surface area contributed by atoms with Crippen LogP contribution in [-0.4, -0.2) is 4.98 Å². The van der Waals surface area contributed by atoms with E-state index < -0.39 is 0 Å². The van der Waals surface area contributed by atoms with Crippen molar-refractivity contribution in [2.24, 2.45) is 0 Å². The molecule has 0 atom stereocenters. The van der Waals surface area contributed by atoms with Gasteiger partial charge in [-0.15, -0.1) is 0 Å². The summed E-state index contributed by atoms with van der Waals surface area (Å²) >= 11 is 0. The molecule has 0 spiro atoms. The fraction of sp³-hybridized carbons (Fsp3) is 0.278. The molecular formula is C18H20N2O. The molecule has 21 heavy (non-hydrogen) atoms. The van der Waals surface area contributed by atoms with Crippen LogP contribution in [0.15, 0.2) is 46.9 Å². The Kier molecular flexibility index (Phi) is 3.20. The van der Waals surface area contributed by atoms with Crippen molar-refractivity contribution in [3.63, 3.8) is 0 Å². The summed E-state index contributed by atoms with van der Waals surface area (Å²) < 4.78 is 5.84. The zero-order valence-corrected chi connectivity index (χ0v) is 12.7. The molecule has 0 radical (unpaired) electrons. The molecule has 108 valence electrons. The number of rotatable bonds is 3. The number of nitrogens with zero attached hydrogens (tertiary/aromatic N) is 1. The Morgan fingerprint density at radius 1 is 1.10 bits per heavy atom. The van der Waals surface area contributed by atoms with Crippen LogP contribution in [0.2, 0.25) is 0 Å². The third-order valence-electron chi connectivity index (χ3n) is 4.21. The van der Waals surface area contributed by atoms with Gasteiger partial charge in [0, 0.05) is 11.3 Å². The average Bonchev–Trinajstić information content (AvgIpc) is 2.90. The molecule has 0 fully saturated rings. The topological polar surface area (TPSA) is 52.0 Å². The summed E-state index contributed by atoms with van der Waals surface area (Å²) in [5.41, 5.74) is 10.5. The van der Waals surface area contributed by atoms with Gasteiger partial charge >= 0.3 is 0 Å². The number of oxazole rings is 1. The second-order valence-corrected chi connectivity index (χ2v) is 6.06. The van der Waals surface area contributed by atoms with Gasteiger partial charge in [0.25, 0.3) is 0 Å². The van der Waals surface area contributed by atoms with Crippen LogP contribution in [0.3, 0.4) is 0 Å². The number of aromatic nitrogens is 1. The fourth-order valence-electron chi connectivity index (χ4n) is 2.30. The van der Waals surface area contributed by atoms with Crippen molar-refractivity contribution in [2.45, 2.75) is 32.6 Å². The first-order valence-corrected chi connectivity index (χ1v) is 7.26. The highest BCUT2D eigenvalue weighted by Gasteiger charge is 2.19. The number of nitrogen functional groups attached to an aromatic ring is 1. The highest BCUT2D eigenvalue weighted by Crippen LogP contribution is 2.31. The molecule has 3 aromatic rings. The maximum atomic E-state index is 5.84. The maximum Gasteiger partial charge on any atom is 0.227 e. The van der Waals surface area contributed by atoms with Crippen molar-refractivity contribution in [1.82, 2.24) is 4.98 Å². The summed E-state index contributed by atoms with van der Waals surface area (Å²) in [6.45, 7) is 6.69. The molecular weight excluding hydrogens is 260 g/mol. The maximum absolute atomic E-state index is 5.84. The van der Waals surface area contributed by atoms with Gasteiger partial charge in [-0.25, -0.2) is 4.98 Å². The van der Waals surface area contributed by atoms with Crippen molar-refractivity contribution in [3.05, 3.63) is 48.0 Å². The predicted molar refractivity (Wildman–Crippen MR) is 87.2 cm³/mol. The zero-order chi connectivity index (χ0) is 15.0. The van der Waals surface area contributed by atoms with Crippen LogP contribution in [0.25, 0.3) is 22.6 Å². The molecule has 3 rings (SSSR count). The lowest BCUT2D eigenvalue weighted by molar-refractivity contribution is 0.506. The van der Waals surface area contributed by atoms with Crippen LogP contribution >= 0.6 is 0 Å². The molecule has 2 aromatic carbocycles. The van der Waals surface area contributed by atoms with E-state index in [1.165, 1.54) is 5.56 Å². The molecule has 2 N–H and O–H groups in total. The monoisotopic (exact) mass is 280 g/mol. The van der Waals surface area contributed by atoms with Gasteiger partial charge < -0.3 is 10.2 Å². The first kappa shape index (κ1) is 13.7. The van der Waals surface area contributed by atoms with E-state index in [9.17, 15) is 0 Å². The summed E-state index contributed by atoms with van der Waals surface area (Å²) in [6, 6.07) is 13.8. The minimum atomic E-state index is 0.147. The van der Waals surface area contributed by atoms with E-state index in [2.05, 4.69) is 37.9 Å². The van der Waals surface area contributed by atoms with Gasteiger partial charge in [0.05, 0.1) is 0 Å². The third kappa shape index (κ3) is 2.51. The minimum absolute atomic E-state index is 0.147. The number of anilines is 1. The molecule has 0 aliphatic rings. The van der Waals surface area contributed by atoms with Gasteiger partial charge in [-0.3, -0.25) is 0 Å². The SMILES string of the molecule is CCC(C)(C)c1ccc2oc(-c3ccc(N)cc3)nc2c1. The van der Waals surface area contributed by atoms with Crippen LogP contribution in [0, 0.1) is 0 Å². The highest BCUT2D eigenvalue weighted by atomic mass is 16.3. The Morgan fingerprint density at radius 3 is 2.48 bits per heavy atom. The first-order chi connectivity index (χ1) is 9.99. The van der Waals surface area contributed by atoms with Gasteiger partial charge in [-0.1, -0.05) is 26.8 Å². The largest absolute Gasteiger partial charge is 0.436 e. The van der Waals surface area contributed by atoms with Crippen molar-refractivity contribution in [3.8, 4) is 11.5 Å². The molecule has 0 amide bonds. The van der Waals surface area contributed by atoms with Crippen molar-refractivity contribution >= 4 is 16.8 Å². The number of fused-ring (bicyclic) bond motifs is 1. The Hall–Kier alpha value is -2.29. The molecule has 0 aliphatic heterocycles. The summed E-state index contributed by atoms with van der Waals surface area (Å²) in [5, 5.41) is 0. The average molecular weight is 280 g/mol. The standard InChI is InChI=1S/C18H20N2O/c1-4-18(2,3)13-7-10-16-15(11-13)20-17(21-16)12-5-8-14(19)9-6-12/h5-11H,4,19H2,1-3H3. The van der Waals surface area contributed by atoms with Crippen LogP contribution < -0.4 is 5.73 Å². The Balaban J connectivity index is 2.06. The van der Waals surface area contributed by atoms with Crippen LogP contribution in [0.4, 0.5) is 5.69 Å². The van der Waals surface area contributed by atoms with Crippen molar-refractivity contribution in [1.29, 1.82) is 0 Å². The smallest absolute Gasteiger partial charge is 0.227 e. The van der Waals surface area contributed by atoms with Gasteiger partial charge in [0.15, 0.2) is 5.58 Å².